The molecule has 0 bridgehead atoms. The smallest absolute Gasteiger partial charge is 0.325 e. The molecule has 1 atom stereocenters. The van der Waals surface area contributed by atoms with Crippen LogP contribution in [0.25, 0.3) is 0 Å². The van der Waals surface area contributed by atoms with Crippen molar-refractivity contribution in [1.82, 2.24) is 10.3 Å². The molecule has 1 aromatic heterocycles. The Morgan fingerprint density at radius 3 is 2.22 bits per heavy atom. The Balaban J connectivity index is 3.05. The topological polar surface area (TPSA) is 99.3 Å². The summed E-state index contributed by atoms with van der Waals surface area (Å²) >= 11 is 0. The molecule has 0 saturated heterocycles. The molecule has 0 spiro atoms. The van der Waals surface area contributed by atoms with Crippen LogP contribution in [0.3, 0.4) is 0 Å². The molecule has 0 aliphatic heterocycles. The molecule has 98 valence electrons. The molecule has 1 aromatic rings. The van der Waals surface area contributed by atoms with Gasteiger partial charge in [0.15, 0.2) is 5.78 Å². The van der Waals surface area contributed by atoms with Crippen LogP contribution in [0.5, 0.6) is 0 Å². The van der Waals surface area contributed by atoms with Crippen LogP contribution in [-0.2, 0) is 4.79 Å². The number of carboxylic acid groups (broad SMARTS) is 1. The molecule has 0 aliphatic rings. The van der Waals surface area contributed by atoms with Crippen LogP contribution in [0.1, 0.15) is 46.0 Å². The molecule has 1 rings (SSSR count). The zero-order valence-electron chi connectivity index (χ0n) is 10.7. The fourth-order valence-corrected chi connectivity index (χ4v) is 1.84. The fraction of sp³-hybridized carbons (Fsp3) is 0.417. The van der Waals surface area contributed by atoms with E-state index < -0.39 is 17.9 Å². The second kappa shape index (κ2) is 5.03. The molecule has 0 radical (unpaired) electrons. The minimum absolute atomic E-state index is 0.133. The standard InChI is InChI=1S/C12H16N2O4/c1-5-9(8(4)15)6(2)13-10(5)11(16)14-7(3)12(17)18/h7,13H,1-4H3,(H,14,16)(H,17,18)/t7-/m1/s1. The van der Waals surface area contributed by atoms with Gasteiger partial charge in [-0.3, -0.25) is 14.4 Å². The van der Waals surface area contributed by atoms with E-state index in [0.717, 1.165) is 0 Å². The first-order valence-electron chi connectivity index (χ1n) is 5.49. The van der Waals surface area contributed by atoms with Gasteiger partial charge in [0.1, 0.15) is 11.7 Å². The average molecular weight is 252 g/mol. The van der Waals surface area contributed by atoms with Gasteiger partial charge in [-0.15, -0.1) is 0 Å². The van der Waals surface area contributed by atoms with E-state index in [1.807, 2.05) is 0 Å². The molecule has 0 unspecified atom stereocenters. The largest absolute Gasteiger partial charge is 0.480 e. The molecule has 1 heterocycles. The molecule has 0 saturated carbocycles. The van der Waals surface area contributed by atoms with E-state index in [9.17, 15) is 14.4 Å². The first-order valence-corrected chi connectivity index (χ1v) is 5.49. The SMILES string of the molecule is CC(=O)c1c(C)[nH]c(C(=O)N[C@H](C)C(=O)O)c1C. The number of aromatic amines is 1. The Hall–Kier alpha value is -2.11. The van der Waals surface area contributed by atoms with E-state index in [-0.39, 0.29) is 11.5 Å². The Morgan fingerprint density at radius 2 is 1.83 bits per heavy atom. The van der Waals surface area contributed by atoms with Crippen LogP contribution in [0, 0.1) is 13.8 Å². The number of rotatable bonds is 4. The van der Waals surface area contributed by atoms with Crippen molar-refractivity contribution in [2.24, 2.45) is 0 Å². The lowest BCUT2D eigenvalue weighted by atomic mass is 10.1. The summed E-state index contributed by atoms with van der Waals surface area (Å²) < 4.78 is 0. The highest BCUT2D eigenvalue weighted by Gasteiger charge is 2.22. The number of nitrogens with one attached hydrogen (secondary N) is 2. The number of carbonyl (C=O) groups excluding carboxylic acids is 2. The molecule has 0 aliphatic carbocycles. The van der Waals surface area contributed by atoms with E-state index in [2.05, 4.69) is 10.3 Å². The lowest BCUT2D eigenvalue weighted by Crippen LogP contribution is -2.38. The van der Waals surface area contributed by atoms with E-state index in [1.54, 1.807) is 13.8 Å². The summed E-state index contributed by atoms with van der Waals surface area (Å²) in [6, 6.07) is -0.985. The molecule has 6 heteroatoms. The van der Waals surface area contributed by atoms with E-state index in [4.69, 9.17) is 5.11 Å². The van der Waals surface area contributed by atoms with Gasteiger partial charge < -0.3 is 15.4 Å². The number of aromatic nitrogens is 1. The van der Waals surface area contributed by atoms with E-state index in [0.29, 0.717) is 16.8 Å². The van der Waals surface area contributed by atoms with Gasteiger partial charge in [0.25, 0.3) is 5.91 Å². The normalized spacial score (nSPS) is 12.0. The Labute approximate surface area is 104 Å². The van der Waals surface area contributed by atoms with Crippen molar-refractivity contribution in [3.05, 3.63) is 22.5 Å². The average Bonchev–Trinajstić information content (AvgIpc) is 2.53. The summed E-state index contributed by atoms with van der Waals surface area (Å²) in [6.07, 6.45) is 0. The van der Waals surface area contributed by atoms with E-state index in [1.165, 1.54) is 13.8 Å². The van der Waals surface area contributed by atoms with Gasteiger partial charge in [-0.1, -0.05) is 0 Å². The highest BCUT2D eigenvalue weighted by atomic mass is 16.4. The Morgan fingerprint density at radius 1 is 1.28 bits per heavy atom. The summed E-state index contributed by atoms with van der Waals surface area (Å²) in [4.78, 5) is 36.7. The summed E-state index contributed by atoms with van der Waals surface area (Å²) in [7, 11) is 0. The van der Waals surface area contributed by atoms with Crippen molar-refractivity contribution in [2.45, 2.75) is 33.7 Å². The van der Waals surface area contributed by atoms with Gasteiger partial charge in [0.05, 0.1) is 0 Å². The molecule has 3 N–H and O–H groups in total. The Kier molecular flexibility index (Phi) is 3.90. The summed E-state index contributed by atoms with van der Waals surface area (Å²) in [5, 5.41) is 11.1. The maximum absolute atomic E-state index is 11.9. The van der Waals surface area contributed by atoms with Crippen molar-refractivity contribution in [3.8, 4) is 0 Å². The Bertz CT molecular complexity index is 516. The van der Waals surface area contributed by atoms with Gasteiger partial charge in [-0.2, -0.15) is 0 Å². The van der Waals surface area contributed by atoms with Gasteiger partial charge in [-0.25, -0.2) is 0 Å². The van der Waals surface area contributed by atoms with Crippen LogP contribution in [0.15, 0.2) is 0 Å². The minimum atomic E-state index is -1.11. The van der Waals surface area contributed by atoms with Crippen molar-refractivity contribution in [1.29, 1.82) is 0 Å². The van der Waals surface area contributed by atoms with Crippen molar-refractivity contribution in [3.63, 3.8) is 0 Å². The third-order valence-electron chi connectivity index (χ3n) is 2.73. The number of carbonyl (C=O) groups is 3. The van der Waals surface area contributed by atoms with Crippen molar-refractivity contribution < 1.29 is 19.5 Å². The number of aliphatic carboxylic acids is 1. The number of carboxylic acids is 1. The zero-order chi connectivity index (χ0) is 14.0. The molecular weight excluding hydrogens is 236 g/mol. The van der Waals surface area contributed by atoms with E-state index >= 15 is 0 Å². The maximum Gasteiger partial charge on any atom is 0.325 e. The lowest BCUT2D eigenvalue weighted by molar-refractivity contribution is -0.138. The molecule has 6 nitrogen and oxygen atoms in total. The number of hydrogen-bond acceptors (Lipinski definition) is 3. The maximum atomic E-state index is 11.9. The molecular formula is C12H16N2O4. The quantitative estimate of drug-likeness (QED) is 0.697. The number of Topliss-reactive ketones (excluding diaryl/α,β-unsaturated/α-hetero) is 1. The third kappa shape index (κ3) is 2.58. The molecule has 0 fully saturated rings. The summed E-state index contributed by atoms with van der Waals surface area (Å²) in [5.41, 5.74) is 1.84. The summed E-state index contributed by atoms with van der Waals surface area (Å²) in [5.74, 6) is -1.78. The second-order valence-electron chi connectivity index (χ2n) is 4.21. The van der Waals surface area contributed by atoms with Crippen molar-refractivity contribution in [2.75, 3.05) is 0 Å². The third-order valence-corrected chi connectivity index (χ3v) is 2.73. The highest BCUT2D eigenvalue weighted by Crippen LogP contribution is 2.18. The predicted octanol–water partition coefficient (Wildman–Crippen LogP) is 1.04. The zero-order valence-corrected chi connectivity index (χ0v) is 10.7. The molecule has 18 heavy (non-hydrogen) atoms. The number of H-pyrrole nitrogens is 1. The van der Waals surface area contributed by atoms with Crippen LogP contribution >= 0.6 is 0 Å². The van der Waals surface area contributed by atoms with Gasteiger partial charge in [-0.05, 0) is 33.3 Å². The number of hydrogen-bond donors (Lipinski definition) is 3. The van der Waals surface area contributed by atoms with Crippen LogP contribution in [0.4, 0.5) is 0 Å². The molecule has 0 aromatic carbocycles. The summed E-state index contributed by atoms with van der Waals surface area (Å²) in [6.45, 7) is 6.14. The first-order chi connectivity index (χ1) is 8.25. The van der Waals surface area contributed by atoms with Gasteiger partial charge >= 0.3 is 5.97 Å². The number of ketones is 1. The van der Waals surface area contributed by atoms with Crippen molar-refractivity contribution >= 4 is 17.7 Å². The number of aryl methyl sites for hydroxylation is 1. The molecule has 1 amide bonds. The lowest BCUT2D eigenvalue weighted by Gasteiger charge is -2.08. The van der Waals surface area contributed by atoms with Crippen LogP contribution in [0.2, 0.25) is 0 Å². The first kappa shape index (κ1) is 14.0. The van der Waals surface area contributed by atoms with Gasteiger partial charge in [0.2, 0.25) is 0 Å². The second-order valence-corrected chi connectivity index (χ2v) is 4.21. The fourth-order valence-electron chi connectivity index (χ4n) is 1.84. The monoisotopic (exact) mass is 252 g/mol. The predicted molar refractivity (Wildman–Crippen MR) is 64.8 cm³/mol. The van der Waals surface area contributed by atoms with Crippen LogP contribution < -0.4 is 5.32 Å². The highest BCUT2D eigenvalue weighted by molar-refractivity contribution is 6.03. The minimum Gasteiger partial charge on any atom is -0.480 e. The number of amides is 1. The van der Waals surface area contributed by atoms with Crippen LogP contribution in [-0.4, -0.2) is 33.8 Å². The van der Waals surface area contributed by atoms with Gasteiger partial charge in [0, 0.05) is 11.3 Å².